The first-order valence-corrected chi connectivity index (χ1v) is 9.83. The summed E-state index contributed by atoms with van der Waals surface area (Å²) < 4.78 is 50.4. The van der Waals surface area contributed by atoms with Crippen LogP contribution in [-0.2, 0) is 20.0 Å². The number of rotatable bonds is 7. The molecule has 0 radical (unpaired) electrons. The molecule has 0 aliphatic carbocycles. The van der Waals surface area contributed by atoms with Gasteiger partial charge in [-0.15, -0.1) is 11.6 Å². The Hall–Kier alpha value is -0.990. The summed E-state index contributed by atoms with van der Waals surface area (Å²) in [4.78, 5) is 0. The van der Waals surface area contributed by atoms with Crippen LogP contribution in [0.5, 0.6) is 0 Å². The Morgan fingerprint density at radius 2 is 1.50 bits per heavy atom. The van der Waals surface area contributed by atoms with E-state index in [0.29, 0.717) is 11.4 Å². The van der Waals surface area contributed by atoms with Gasteiger partial charge in [0.05, 0.1) is 12.0 Å². The predicted octanol–water partition coefficient (Wildman–Crippen LogP) is 1.67. The third-order valence-electron chi connectivity index (χ3n) is 2.23. The van der Waals surface area contributed by atoms with Gasteiger partial charge in [0.1, 0.15) is 0 Å². The van der Waals surface area contributed by atoms with E-state index in [0.717, 1.165) is 6.26 Å². The number of hydrogen-bond acceptors (Lipinski definition) is 4. The minimum atomic E-state index is -3.47. The Morgan fingerprint density at radius 3 is 1.90 bits per heavy atom. The van der Waals surface area contributed by atoms with E-state index in [9.17, 15) is 16.8 Å². The maximum Gasteiger partial charge on any atom is 0.233 e. The molecule has 9 heteroatoms. The summed E-state index contributed by atoms with van der Waals surface area (Å²) in [5.41, 5.74) is 0.732. The molecule has 0 amide bonds. The van der Waals surface area contributed by atoms with E-state index >= 15 is 0 Å². The van der Waals surface area contributed by atoms with E-state index in [-0.39, 0.29) is 17.6 Å². The first kappa shape index (κ1) is 17.1. The zero-order valence-electron chi connectivity index (χ0n) is 11.1. The van der Waals surface area contributed by atoms with Gasteiger partial charge >= 0.3 is 0 Å². The molecule has 0 saturated heterocycles. The van der Waals surface area contributed by atoms with Gasteiger partial charge in [-0.05, 0) is 30.2 Å². The van der Waals surface area contributed by atoms with E-state index in [2.05, 4.69) is 9.44 Å². The van der Waals surface area contributed by atoms with Crippen molar-refractivity contribution in [2.24, 2.45) is 5.92 Å². The molecule has 0 fully saturated rings. The van der Waals surface area contributed by atoms with Crippen molar-refractivity contribution in [1.82, 2.24) is 0 Å². The Balaban J connectivity index is 2.75. The topological polar surface area (TPSA) is 92.3 Å². The molecule has 0 saturated carbocycles. The van der Waals surface area contributed by atoms with E-state index in [4.69, 9.17) is 11.6 Å². The predicted molar refractivity (Wildman–Crippen MR) is 82.2 cm³/mol. The number of benzene rings is 1. The molecule has 20 heavy (non-hydrogen) atoms. The maximum atomic E-state index is 11.8. The van der Waals surface area contributed by atoms with Gasteiger partial charge in [0.2, 0.25) is 20.0 Å². The second kappa shape index (κ2) is 6.64. The van der Waals surface area contributed by atoms with Crippen molar-refractivity contribution in [3.63, 3.8) is 0 Å². The fourth-order valence-corrected chi connectivity index (χ4v) is 3.71. The molecule has 1 atom stereocenters. The third kappa shape index (κ3) is 6.44. The summed E-state index contributed by atoms with van der Waals surface area (Å²) >= 11 is 5.59. The van der Waals surface area contributed by atoms with Crippen molar-refractivity contribution < 1.29 is 16.8 Å². The average molecular weight is 341 g/mol. The molecule has 0 aliphatic heterocycles. The van der Waals surface area contributed by atoms with Crippen molar-refractivity contribution in [2.75, 3.05) is 27.3 Å². The highest BCUT2D eigenvalue weighted by molar-refractivity contribution is 7.92. The molecular formula is C11H17ClN2O4S2. The van der Waals surface area contributed by atoms with Crippen LogP contribution in [-0.4, -0.2) is 34.7 Å². The monoisotopic (exact) mass is 340 g/mol. The minimum Gasteiger partial charge on any atom is -0.284 e. The van der Waals surface area contributed by atoms with Gasteiger partial charge in [-0.1, -0.05) is 6.92 Å². The van der Waals surface area contributed by atoms with Crippen LogP contribution in [0.4, 0.5) is 11.4 Å². The first-order chi connectivity index (χ1) is 9.11. The van der Waals surface area contributed by atoms with Gasteiger partial charge in [-0.25, -0.2) is 16.8 Å². The summed E-state index contributed by atoms with van der Waals surface area (Å²) in [6, 6.07) is 5.92. The van der Waals surface area contributed by atoms with Gasteiger partial charge in [0, 0.05) is 17.3 Å². The van der Waals surface area contributed by atoms with Crippen molar-refractivity contribution in [3.05, 3.63) is 24.3 Å². The molecule has 0 bridgehead atoms. The number of anilines is 2. The number of hydrogen-bond donors (Lipinski definition) is 2. The summed E-state index contributed by atoms with van der Waals surface area (Å²) in [5, 5.41) is 0. The third-order valence-corrected chi connectivity index (χ3v) is 4.92. The van der Waals surface area contributed by atoms with Gasteiger partial charge < -0.3 is 0 Å². The lowest BCUT2D eigenvalue weighted by atomic mass is 10.3. The van der Waals surface area contributed by atoms with Crippen molar-refractivity contribution in [1.29, 1.82) is 0 Å². The second-order valence-electron chi connectivity index (χ2n) is 4.59. The van der Waals surface area contributed by atoms with Gasteiger partial charge in [0.15, 0.2) is 0 Å². The number of halogens is 1. The fraction of sp³-hybridized carbons (Fsp3) is 0.455. The van der Waals surface area contributed by atoms with Crippen molar-refractivity contribution in [3.8, 4) is 0 Å². The van der Waals surface area contributed by atoms with Crippen LogP contribution in [0.15, 0.2) is 24.3 Å². The molecule has 0 aliphatic rings. The molecule has 1 unspecified atom stereocenters. The summed E-state index contributed by atoms with van der Waals surface area (Å²) in [6.45, 7) is 1.74. The molecule has 1 aromatic carbocycles. The van der Waals surface area contributed by atoms with Crippen LogP contribution in [0.1, 0.15) is 6.92 Å². The lowest BCUT2D eigenvalue weighted by molar-refractivity contribution is 0.588. The number of alkyl halides is 1. The standard InChI is InChI=1S/C11H17ClN2O4S2/c1-9(7-12)8-20(17,18)14-11-5-3-10(4-6-11)13-19(2,15)16/h3-6,9,13-14H,7-8H2,1-2H3. The maximum absolute atomic E-state index is 11.8. The van der Waals surface area contributed by atoms with Crippen LogP contribution in [0.3, 0.4) is 0 Å². The molecule has 0 heterocycles. The van der Waals surface area contributed by atoms with Crippen molar-refractivity contribution in [2.45, 2.75) is 6.92 Å². The number of nitrogens with one attached hydrogen (secondary N) is 2. The van der Waals surface area contributed by atoms with E-state index in [1.54, 1.807) is 6.92 Å². The van der Waals surface area contributed by atoms with Crippen LogP contribution in [0.25, 0.3) is 0 Å². The summed E-state index contributed by atoms with van der Waals surface area (Å²) in [5.74, 6) is 0.0400. The van der Waals surface area contributed by atoms with Crippen molar-refractivity contribution >= 4 is 43.0 Å². The van der Waals surface area contributed by atoms with Crippen LogP contribution < -0.4 is 9.44 Å². The average Bonchev–Trinajstić information content (AvgIpc) is 2.28. The Labute approximate surface area is 124 Å². The van der Waals surface area contributed by atoms with Crippen LogP contribution >= 0.6 is 11.6 Å². The zero-order valence-corrected chi connectivity index (χ0v) is 13.5. The summed E-state index contributed by atoms with van der Waals surface area (Å²) in [7, 11) is -6.81. The first-order valence-electron chi connectivity index (χ1n) is 5.75. The smallest absolute Gasteiger partial charge is 0.233 e. The van der Waals surface area contributed by atoms with Crippen LogP contribution in [0.2, 0.25) is 0 Å². The zero-order chi connectivity index (χ0) is 15.4. The molecule has 1 rings (SSSR count). The Kier molecular flexibility index (Phi) is 5.67. The highest BCUT2D eigenvalue weighted by Gasteiger charge is 2.15. The van der Waals surface area contributed by atoms with E-state index < -0.39 is 20.0 Å². The molecule has 2 N–H and O–H groups in total. The second-order valence-corrected chi connectivity index (χ2v) is 8.42. The summed E-state index contributed by atoms with van der Waals surface area (Å²) in [6.07, 6.45) is 1.04. The van der Waals surface area contributed by atoms with E-state index in [1.807, 2.05) is 0 Å². The molecule has 1 aromatic rings. The Bertz CT molecular complexity index is 642. The minimum absolute atomic E-state index is 0.0696. The lowest BCUT2D eigenvalue weighted by Crippen LogP contribution is -2.22. The molecule has 0 aromatic heterocycles. The quantitative estimate of drug-likeness (QED) is 0.738. The largest absolute Gasteiger partial charge is 0.284 e. The lowest BCUT2D eigenvalue weighted by Gasteiger charge is -2.11. The molecule has 6 nitrogen and oxygen atoms in total. The Morgan fingerprint density at radius 1 is 1.05 bits per heavy atom. The van der Waals surface area contributed by atoms with Gasteiger partial charge in [0.25, 0.3) is 0 Å². The van der Waals surface area contributed by atoms with Gasteiger partial charge in [-0.3, -0.25) is 9.44 Å². The highest BCUT2D eigenvalue weighted by Crippen LogP contribution is 2.16. The van der Waals surface area contributed by atoms with Gasteiger partial charge in [-0.2, -0.15) is 0 Å². The molecular weight excluding hydrogens is 324 g/mol. The molecule has 114 valence electrons. The highest BCUT2D eigenvalue weighted by atomic mass is 35.5. The SMILES string of the molecule is CC(CCl)CS(=O)(=O)Nc1ccc(NS(C)(=O)=O)cc1. The fourth-order valence-electron chi connectivity index (χ4n) is 1.46. The molecule has 0 spiro atoms. The van der Waals surface area contributed by atoms with E-state index in [1.165, 1.54) is 24.3 Å². The van der Waals surface area contributed by atoms with Crippen LogP contribution in [0, 0.1) is 5.92 Å². The number of sulfonamides is 2. The normalized spacial score (nSPS) is 13.8.